The van der Waals surface area contributed by atoms with E-state index in [0.717, 1.165) is 24.9 Å². The Morgan fingerprint density at radius 3 is 3.00 bits per heavy atom. The van der Waals surface area contributed by atoms with Gasteiger partial charge in [-0.05, 0) is 49.7 Å². The molecule has 2 aromatic rings. The van der Waals surface area contributed by atoms with Crippen molar-refractivity contribution < 1.29 is 19.6 Å². The lowest BCUT2D eigenvalue weighted by atomic mass is 9.53. The number of nitro groups is 1. The normalized spacial score (nSPS) is 30.6. The third-order valence-electron chi connectivity index (χ3n) is 7.99. The summed E-state index contributed by atoms with van der Waals surface area (Å²) in [5.41, 5.74) is 2.60. The number of nitrogens with zero attached hydrogens (tertiary/aromatic N) is 2. The molecule has 174 valence electrons. The van der Waals surface area contributed by atoms with Crippen LogP contribution in [-0.2, 0) is 16.6 Å². The van der Waals surface area contributed by atoms with Gasteiger partial charge in [0.2, 0.25) is 5.91 Å². The number of hydrogen-bond acceptors (Lipinski definition) is 6. The van der Waals surface area contributed by atoms with Gasteiger partial charge in [-0.1, -0.05) is 30.4 Å². The Balaban J connectivity index is 1.30. The molecular formula is C26H25N3O5. The third-order valence-corrected chi connectivity index (χ3v) is 7.99. The zero-order chi connectivity index (χ0) is 23.6. The van der Waals surface area contributed by atoms with E-state index in [1.54, 1.807) is 24.3 Å². The summed E-state index contributed by atoms with van der Waals surface area (Å²) in [5.74, 6) is 0.653. The van der Waals surface area contributed by atoms with Crippen LogP contribution >= 0.6 is 0 Å². The average molecular weight is 460 g/mol. The van der Waals surface area contributed by atoms with Crippen molar-refractivity contribution in [2.45, 2.75) is 36.4 Å². The molecule has 2 aliphatic heterocycles. The van der Waals surface area contributed by atoms with Gasteiger partial charge in [0, 0.05) is 41.1 Å². The summed E-state index contributed by atoms with van der Waals surface area (Å²) < 4.78 is 6.43. The average Bonchev–Trinajstić information content (AvgIpc) is 3.18. The highest BCUT2D eigenvalue weighted by atomic mass is 16.6. The maximum absolute atomic E-state index is 12.8. The van der Waals surface area contributed by atoms with Crippen molar-refractivity contribution in [3.8, 4) is 11.5 Å². The summed E-state index contributed by atoms with van der Waals surface area (Å²) in [7, 11) is 2.16. The second-order valence-corrected chi connectivity index (χ2v) is 9.66. The number of carbonyl (C=O) groups excluding carboxylic acids is 1. The highest BCUT2D eigenvalue weighted by Crippen LogP contribution is 2.62. The van der Waals surface area contributed by atoms with Crippen LogP contribution in [0.15, 0.2) is 54.6 Å². The summed E-state index contributed by atoms with van der Waals surface area (Å²) in [6, 6.07) is 9.85. The monoisotopic (exact) mass is 459 g/mol. The van der Waals surface area contributed by atoms with Gasteiger partial charge < -0.3 is 20.1 Å². The number of non-ortho nitro benzene ring substituents is 1. The Bertz CT molecular complexity index is 1270. The summed E-state index contributed by atoms with van der Waals surface area (Å²) in [5, 5.41) is 24.7. The largest absolute Gasteiger partial charge is 0.504 e. The van der Waals surface area contributed by atoms with E-state index in [9.17, 15) is 20.0 Å². The van der Waals surface area contributed by atoms with Gasteiger partial charge in [-0.3, -0.25) is 14.9 Å². The van der Waals surface area contributed by atoms with E-state index >= 15 is 0 Å². The second-order valence-electron chi connectivity index (χ2n) is 9.66. The van der Waals surface area contributed by atoms with Crippen molar-refractivity contribution in [3.05, 3.63) is 81.4 Å². The van der Waals surface area contributed by atoms with E-state index in [2.05, 4.69) is 23.3 Å². The minimum atomic E-state index is -0.461. The Morgan fingerprint density at radius 2 is 2.18 bits per heavy atom. The number of phenolic OH excluding ortho intramolecular Hbond substituents is 1. The molecule has 1 fully saturated rings. The molecule has 0 saturated carbocycles. The first-order valence-electron chi connectivity index (χ1n) is 11.5. The van der Waals surface area contributed by atoms with Gasteiger partial charge in [0.05, 0.1) is 11.0 Å². The predicted octanol–water partition coefficient (Wildman–Crippen LogP) is 2.94. The summed E-state index contributed by atoms with van der Waals surface area (Å²) in [4.78, 5) is 25.8. The van der Waals surface area contributed by atoms with Crippen LogP contribution in [-0.4, -0.2) is 52.6 Å². The quantitative estimate of drug-likeness (QED) is 0.315. The first-order chi connectivity index (χ1) is 16.4. The molecule has 1 amide bonds. The number of likely N-dealkylation sites (N-methyl/N-ethyl adjacent to an activating group) is 1. The van der Waals surface area contributed by atoms with Crippen molar-refractivity contribution >= 4 is 17.7 Å². The van der Waals surface area contributed by atoms with Crippen LogP contribution in [0.3, 0.4) is 0 Å². The standard InChI is InChI=1S/C26H25N3O5/c1-28-12-11-26-18-7-8-19(27-22(31)10-5-15-3-2-4-17(13-15)29(32)33)25(26)34-24-21(30)9-6-16(23(24)26)14-20(18)28/h2-10,13,18-20,25,30H,11-12,14H2,1H3,(H,27,31)/b10-5+/t18-,19+,20+,25-,26-/m0/s1. The van der Waals surface area contributed by atoms with Crippen LogP contribution in [0.4, 0.5) is 5.69 Å². The zero-order valence-corrected chi connectivity index (χ0v) is 18.7. The van der Waals surface area contributed by atoms with Crippen molar-refractivity contribution in [1.29, 1.82) is 0 Å². The zero-order valence-electron chi connectivity index (χ0n) is 18.7. The molecule has 8 nitrogen and oxygen atoms in total. The van der Waals surface area contributed by atoms with Gasteiger partial charge in [0.25, 0.3) is 5.69 Å². The smallest absolute Gasteiger partial charge is 0.270 e. The fourth-order valence-electron chi connectivity index (χ4n) is 6.51. The molecule has 5 atom stereocenters. The molecule has 2 bridgehead atoms. The number of likely N-dealkylation sites (tertiary alicyclic amines) is 1. The van der Waals surface area contributed by atoms with Crippen LogP contribution in [0.2, 0.25) is 0 Å². The molecule has 4 aliphatic rings. The molecule has 0 radical (unpaired) electrons. The van der Waals surface area contributed by atoms with E-state index in [-0.39, 0.29) is 40.8 Å². The minimum Gasteiger partial charge on any atom is -0.504 e. The van der Waals surface area contributed by atoms with E-state index in [1.165, 1.54) is 23.8 Å². The van der Waals surface area contributed by atoms with Crippen LogP contribution in [0.5, 0.6) is 11.5 Å². The minimum absolute atomic E-state index is 0.0234. The third kappa shape index (κ3) is 2.91. The number of hydrogen-bond donors (Lipinski definition) is 2. The van der Waals surface area contributed by atoms with Gasteiger partial charge in [-0.15, -0.1) is 0 Å². The van der Waals surface area contributed by atoms with Crippen molar-refractivity contribution in [1.82, 2.24) is 10.2 Å². The summed E-state index contributed by atoms with van der Waals surface area (Å²) in [6.07, 6.45) is 8.69. The fourth-order valence-corrected chi connectivity index (χ4v) is 6.51. The van der Waals surface area contributed by atoms with Crippen LogP contribution in [0, 0.1) is 16.0 Å². The fraction of sp³-hybridized carbons (Fsp3) is 0.346. The topological polar surface area (TPSA) is 105 Å². The molecule has 1 saturated heterocycles. The number of rotatable bonds is 4. The highest BCUT2D eigenvalue weighted by molar-refractivity contribution is 5.92. The second kappa shape index (κ2) is 7.43. The van der Waals surface area contributed by atoms with Crippen molar-refractivity contribution in [3.63, 3.8) is 0 Å². The predicted molar refractivity (Wildman–Crippen MR) is 126 cm³/mol. The summed E-state index contributed by atoms with van der Waals surface area (Å²) in [6.45, 7) is 0.927. The molecule has 2 heterocycles. The molecule has 8 heteroatoms. The van der Waals surface area contributed by atoms with Gasteiger partial charge >= 0.3 is 0 Å². The Kier molecular flexibility index (Phi) is 4.57. The lowest BCUT2D eigenvalue weighted by Crippen LogP contribution is -2.66. The van der Waals surface area contributed by atoms with Crippen molar-refractivity contribution in [2.24, 2.45) is 5.92 Å². The van der Waals surface area contributed by atoms with E-state index in [1.807, 2.05) is 12.1 Å². The maximum atomic E-state index is 12.8. The van der Waals surface area contributed by atoms with Gasteiger partial charge in [-0.2, -0.15) is 0 Å². The molecule has 0 unspecified atom stereocenters. The lowest BCUT2D eigenvalue weighted by molar-refractivity contribution is -0.384. The number of phenols is 1. The first-order valence-corrected chi connectivity index (χ1v) is 11.5. The van der Waals surface area contributed by atoms with E-state index in [0.29, 0.717) is 17.4 Å². The number of piperidine rings is 1. The maximum Gasteiger partial charge on any atom is 0.270 e. The Hall–Kier alpha value is -3.65. The van der Waals surface area contributed by atoms with Gasteiger partial charge in [0.15, 0.2) is 11.5 Å². The number of nitrogens with one attached hydrogen (secondary N) is 1. The molecular weight excluding hydrogens is 434 g/mol. The molecule has 1 spiro atoms. The number of ether oxygens (including phenoxy) is 1. The van der Waals surface area contributed by atoms with Crippen LogP contribution < -0.4 is 10.1 Å². The van der Waals surface area contributed by atoms with Gasteiger partial charge in [0.1, 0.15) is 6.10 Å². The number of carbonyl (C=O) groups is 1. The van der Waals surface area contributed by atoms with Crippen LogP contribution in [0.1, 0.15) is 23.1 Å². The molecule has 0 aromatic heterocycles. The van der Waals surface area contributed by atoms with E-state index in [4.69, 9.17) is 4.74 Å². The molecule has 2 aliphatic carbocycles. The number of aromatic hydroxyl groups is 1. The van der Waals surface area contributed by atoms with Crippen molar-refractivity contribution in [2.75, 3.05) is 13.6 Å². The number of benzene rings is 2. The molecule has 2 aromatic carbocycles. The lowest BCUT2D eigenvalue weighted by Gasteiger charge is -2.57. The first kappa shape index (κ1) is 20.9. The number of nitro benzene ring substituents is 1. The molecule has 6 rings (SSSR count). The van der Waals surface area contributed by atoms with Gasteiger partial charge in [-0.25, -0.2) is 0 Å². The summed E-state index contributed by atoms with van der Waals surface area (Å²) >= 11 is 0. The Labute approximate surface area is 196 Å². The SMILES string of the molecule is CN1CC[C@]23c4c5ccc(O)c4O[C@H]2[C@H](NC(=O)/C=C/c2cccc([N+](=O)[O-])c2)C=C[C@H]3[C@H]1C5. The number of amides is 1. The Morgan fingerprint density at radius 1 is 1.32 bits per heavy atom. The van der Waals surface area contributed by atoms with Crippen LogP contribution in [0.25, 0.3) is 6.08 Å². The highest BCUT2D eigenvalue weighted by Gasteiger charge is 2.64. The molecule has 34 heavy (non-hydrogen) atoms. The van der Waals surface area contributed by atoms with E-state index < -0.39 is 4.92 Å². The molecule has 2 N–H and O–H groups in total.